The SMILES string of the molecule is CCN(C(=O)OC)C(=O)N(C[C]=O)C(=O)C=Cc1ccccc1. The lowest BCUT2D eigenvalue weighted by atomic mass is 10.2. The molecule has 0 spiro atoms. The zero-order valence-electron chi connectivity index (χ0n) is 12.9. The van der Waals surface area contributed by atoms with Crippen molar-refractivity contribution in [3.63, 3.8) is 0 Å². The van der Waals surface area contributed by atoms with E-state index >= 15 is 0 Å². The Morgan fingerprint density at radius 3 is 2.35 bits per heavy atom. The van der Waals surface area contributed by atoms with Crippen molar-refractivity contribution in [2.24, 2.45) is 0 Å². The van der Waals surface area contributed by atoms with Crippen LogP contribution in [0.5, 0.6) is 0 Å². The smallest absolute Gasteiger partial charge is 0.417 e. The number of benzene rings is 1. The maximum absolute atomic E-state index is 12.2. The second-order valence-electron chi connectivity index (χ2n) is 4.31. The van der Waals surface area contributed by atoms with E-state index < -0.39 is 24.6 Å². The normalized spacial score (nSPS) is 10.2. The van der Waals surface area contributed by atoms with Gasteiger partial charge in [0.15, 0.2) is 0 Å². The molecule has 1 aromatic carbocycles. The second kappa shape index (κ2) is 9.14. The Kier molecular flexibility index (Phi) is 7.19. The van der Waals surface area contributed by atoms with Gasteiger partial charge in [0, 0.05) is 12.6 Å². The van der Waals surface area contributed by atoms with Crippen molar-refractivity contribution < 1.29 is 23.9 Å². The quantitative estimate of drug-likeness (QED) is 0.774. The number of imide groups is 2. The third-order valence-corrected chi connectivity index (χ3v) is 2.88. The summed E-state index contributed by atoms with van der Waals surface area (Å²) in [6, 6.07) is 8.02. The molecule has 0 aliphatic rings. The minimum Gasteiger partial charge on any atom is -0.452 e. The fraction of sp³-hybridized carbons (Fsp3) is 0.250. The van der Waals surface area contributed by atoms with Gasteiger partial charge < -0.3 is 4.74 Å². The van der Waals surface area contributed by atoms with E-state index in [2.05, 4.69) is 4.74 Å². The Balaban J connectivity index is 2.93. The third kappa shape index (κ3) is 5.06. The Morgan fingerprint density at radius 1 is 1.17 bits per heavy atom. The molecule has 0 N–H and O–H groups in total. The van der Waals surface area contributed by atoms with Gasteiger partial charge in [-0.05, 0) is 18.6 Å². The van der Waals surface area contributed by atoms with Crippen molar-refractivity contribution in [2.75, 3.05) is 20.2 Å². The summed E-state index contributed by atoms with van der Waals surface area (Å²) in [6.45, 7) is 0.961. The Morgan fingerprint density at radius 2 is 1.83 bits per heavy atom. The van der Waals surface area contributed by atoms with Gasteiger partial charge >= 0.3 is 12.1 Å². The van der Waals surface area contributed by atoms with Gasteiger partial charge in [0.2, 0.25) is 6.29 Å². The molecule has 0 atom stereocenters. The number of urea groups is 1. The van der Waals surface area contributed by atoms with Crippen molar-refractivity contribution in [2.45, 2.75) is 6.92 Å². The summed E-state index contributed by atoms with van der Waals surface area (Å²) >= 11 is 0. The maximum atomic E-state index is 12.2. The number of nitrogens with zero attached hydrogens (tertiary/aromatic N) is 2. The van der Waals surface area contributed by atoms with Gasteiger partial charge in [-0.2, -0.15) is 0 Å². The number of hydrogen-bond acceptors (Lipinski definition) is 5. The molecule has 1 rings (SSSR count). The van der Waals surface area contributed by atoms with Crippen molar-refractivity contribution in [1.82, 2.24) is 9.80 Å². The topological polar surface area (TPSA) is 84.0 Å². The van der Waals surface area contributed by atoms with Gasteiger partial charge in [-0.1, -0.05) is 30.3 Å². The van der Waals surface area contributed by atoms with Crippen LogP contribution in [0.25, 0.3) is 6.08 Å². The van der Waals surface area contributed by atoms with E-state index in [4.69, 9.17) is 0 Å². The summed E-state index contributed by atoms with van der Waals surface area (Å²) in [5.74, 6) is -0.732. The van der Waals surface area contributed by atoms with Crippen molar-refractivity contribution >= 4 is 30.4 Å². The minimum absolute atomic E-state index is 0.00343. The molecule has 0 bridgehead atoms. The van der Waals surface area contributed by atoms with Gasteiger partial charge in [-0.3, -0.25) is 14.5 Å². The summed E-state index contributed by atoms with van der Waals surface area (Å²) in [7, 11) is 1.12. The zero-order chi connectivity index (χ0) is 17.2. The van der Waals surface area contributed by atoms with E-state index in [0.29, 0.717) is 9.80 Å². The highest BCUT2D eigenvalue weighted by Gasteiger charge is 2.29. The molecule has 0 unspecified atom stereocenters. The van der Waals surface area contributed by atoms with E-state index in [1.54, 1.807) is 31.2 Å². The van der Waals surface area contributed by atoms with Gasteiger partial charge in [-0.25, -0.2) is 14.5 Å². The molecule has 121 valence electrons. The van der Waals surface area contributed by atoms with Crippen LogP contribution in [0, 0.1) is 0 Å². The molecule has 1 aromatic rings. The number of carbonyl (C=O) groups is 3. The van der Waals surface area contributed by atoms with Crippen molar-refractivity contribution in [1.29, 1.82) is 0 Å². The average molecular weight is 317 g/mol. The van der Waals surface area contributed by atoms with E-state index in [1.807, 2.05) is 6.07 Å². The Hall–Kier alpha value is -2.96. The van der Waals surface area contributed by atoms with Crippen LogP contribution in [0.15, 0.2) is 36.4 Å². The molecule has 0 aliphatic carbocycles. The molecule has 0 fully saturated rings. The monoisotopic (exact) mass is 317 g/mol. The zero-order valence-corrected chi connectivity index (χ0v) is 12.9. The fourth-order valence-corrected chi connectivity index (χ4v) is 1.72. The van der Waals surface area contributed by atoms with Crippen LogP contribution in [-0.2, 0) is 14.3 Å². The highest BCUT2D eigenvalue weighted by molar-refractivity contribution is 6.06. The van der Waals surface area contributed by atoms with E-state index in [9.17, 15) is 19.2 Å². The molecule has 0 saturated heterocycles. The molecular formula is C16H17N2O5. The average Bonchev–Trinajstić information content (AvgIpc) is 2.58. The lowest BCUT2D eigenvalue weighted by Crippen LogP contribution is -2.48. The first-order chi connectivity index (χ1) is 11.0. The summed E-state index contributed by atoms with van der Waals surface area (Å²) < 4.78 is 4.47. The first-order valence-corrected chi connectivity index (χ1v) is 6.84. The first-order valence-electron chi connectivity index (χ1n) is 6.84. The molecule has 0 aliphatic heterocycles. The predicted molar refractivity (Wildman–Crippen MR) is 83.1 cm³/mol. The van der Waals surface area contributed by atoms with Crippen LogP contribution in [0.1, 0.15) is 12.5 Å². The summed E-state index contributed by atoms with van der Waals surface area (Å²) in [6.07, 6.45) is 3.23. The molecule has 0 aromatic heterocycles. The number of rotatable bonds is 5. The van der Waals surface area contributed by atoms with Crippen molar-refractivity contribution in [3.05, 3.63) is 42.0 Å². The Labute approximate surface area is 134 Å². The maximum Gasteiger partial charge on any atom is 0.417 e. The third-order valence-electron chi connectivity index (χ3n) is 2.88. The predicted octanol–water partition coefficient (Wildman–Crippen LogP) is 1.85. The number of carbonyl (C=O) groups excluding carboxylic acids is 4. The van der Waals surface area contributed by atoms with E-state index in [1.165, 1.54) is 12.4 Å². The largest absolute Gasteiger partial charge is 0.452 e. The van der Waals surface area contributed by atoms with Crippen LogP contribution in [0.4, 0.5) is 9.59 Å². The molecule has 4 amide bonds. The summed E-state index contributed by atoms with van der Waals surface area (Å²) in [5, 5.41) is 0. The number of amides is 4. The summed E-state index contributed by atoms with van der Waals surface area (Å²) in [4.78, 5) is 47.8. The van der Waals surface area contributed by atoms with E-state index in [0.717, 1.165) is 18.7 Å². The standard InChI is InChI=1S/C16H17N2O5/c1-3-17(16(22)23-2)15(21)18(11-12-19)14(20)10-9-13-7-5-4-6-8-13/h4-10H,3,11H2,1-2H3. The van der Waals surface area contributed by atoms with Crippen LogP contribution in [-0.4, -0.2) is 54.3 Å². The molecule has 0 saturated carbocycles. The minimum atomic E-state index is -0.939. The second-order valence-corrected chi connectivity index (χ2v) is 4.31. The van der Waals surface area contributed by atoms with Gasteiger partial charge in [0.05, 0.1) is 13.7 Å². The fourth-order valence-electron chi connectivity index (χ4n) is 1.72. The number of methoxy groups -OCH3 is 1. The van der Waals surface area contributed by atoms with Crippen LogP contribution in [0.3, 0.4) is 0 Å². The van der Waals surface area contributed by atoms with Crippen LogP contribution < -0.4 is 0 Å². The van der Waals surface area contributed by atoms with Gasteiger partial charge in [-0.15, -0.1) is 0 Å². The van der Waals surface area contributed by atoms with Crippen molar-refractivity contribution in [3.8, 4) is 0 Å². The number of hydrogen-bond donors (Lipinski definition) is 0. The van der Waals surface area contributed by atoms with Crippen LogP contribution in [0.2, 0.25) is 0 Å². The lowest BCUT2D eigenvalue weighted by Gasteiger charge is -2.24. The lowest BCUT2D eigenvalue weighted by molar-refractivity contribution is -0.123. The molecular weight excluding hydrogens is 300 g/mol. The molecule has 1 radical (unpaired) electrons. The molecule has 0 heterocycles. The van der Waals surface area contributed by atoms with Crippen LogP contribution >= 0.6 is 0 Å². The summed E-state index contributed by atoms with van der Waals surface area (Å²) in [5.41, 5.74) is 0.753. The number of ether oxygens (including phenoxy) is 1. The highest BCUT2D eigenvalue weighted by Crippen LogP contribution is 2.05. The highest BCUT2D eigenvalue weighted by atomic mass is 16.5. The van der Waals surface area contributed by atoms with Gasteiger partial charge in [0.1, 0.15) is 0 Å². The molecule has 7 nitrogen and oxygen atoms in total. The first kappa shape index (κ1) is 18.1. The molecule has 7 heteroatoms. The van der Waals surface area contributed by atoms with E-state index in [-0.39, 0.29) is 6.54 Å². The molecule has 23 heavy (non-hydrogen) atoms. The Bertz CT molecular complexity index is 598. The van der Waals surface area contributed by atoms with Gasteiger partial charge in [0.25, 0.3) is 5.91 Å².